The Kier molecular flexibility index (Phi) is 3.77. The molecule has 0 fully saturated rings. The zero-order valence-corrected chi connectivity index (χ0v) is 9.97. The van der Waals surface area contributed by atoms with Crippen LogP contribution < -0.4 is 5.73 Å². The SMILES string of the molecule is Cn1cc(CCOCc2ccc(N)cc2)cn1. The van der Waals surface area contributed by atoms with Crippen molar-refractivity contribution in [2.75, 3.05) is 12.3 Å². The maximum atomic E-state index is 5.61. The maximum absolute atomic E-state index is 5.61. The van der Waals surface area contributed by atoms with Crippen LogP contribution in [0, 0.1) is 0 Å². The van der Waals surface area contributed by atoms with E-state index in [1.165, 1.54) is 5.56 Å². The number of nitrogens with two attached hydrogens (primary N) is 1. The normalized spacial score (nSPS) is 10.6. The molecule has 4 heteroatoms. The maximum Gasteiger partial charge on any atom is 0.0717 e. The summed E-state index contributed by atoms with van der Waals surface area (Å²) in [5, 5.41) is 4.11. The van der Waals surface area contributed by atoms with Crippen LogP contribution in [-0.2, 0) is 24.8 Å². The van der Waals surface area contributed by atoms with Gasteiger partial charge in [-0.2, -0.15) is 5.10 Å². The van der Waals surface area contributed by atoms with Gasteiger partial charge in [-0.15, -0.1) is 0 Å². The molecule has 0 saturated heterocycles. The van der Waals surface area contributed by atoms with Gasteiger partial charge >= 0.3 is 0 Å². The summed E-state index contributed by atoms with van der Waals surface area (Å²) in [5.41, 5.74) is 8.73. The lowest BCUT2D eigenvalue weighted by atomic mass is 10.2. The molecule has 0 bridgehead atoms. The van der Waals surface area contributed by atoms with E-state index in [-0.39, 0.29) is 0 Å². The van der Waals surface area contributed by atoms with Crippen LogP contribution in [0.15, 0.2) is 36.7 Å². The van der Waals surface area contributed by atoms with Gasteiger partial charge in [0.1, 0.15) is 0 Å². The lowest BCUT2D eigenvalue weighted by Gasteiger charge is -2.03. The standard InChI is InChI=1S/C13H17N3O/c1-16-9-12(8-15-16)6-7-17-10-11-2-4-13(14)5-3-11/h2-5,8-9H,6-7,10,14H2,1H3. The minimum Gasteiger partial charge on any atom is -0.399 e. The number of nitrogens with zero attached hydrogens (tertiary/aromatic N) is 2. The molecular weight excluding hydrogens is 214 g/mol. The van der Waals surface area contributed by atoms with E-state index in [4.69, 9.17) is 10.5 Å². The summed E-state index contributed by atoms with van der Waals surface area (Å²) in [4.78, 5) is 0. The van der Waals surface area contributed by atoms with E-state index >= 15 is 0 Å². The first-order valence-electron chi connectivity index (χ1n) is 5.64. The van der Waals surface area contributed by atoms with Crippen LogP contribution in [-0.4, -0.2) is 16.4 Å². The van der Waals surface area contributed by atoms with Crippen molar-refractivity contribution >= 4 is 5.69 Å². The molecule has 2 rings (SSSR count). The molecule has 1 aromatic carbocycles. The highest BCUT2D eigenvalue weighted by Crippen LogP contribution is 2.07. The number of ether oxygens (including phenoxy) is 1. The fourth-order valence-electron chi connectivity index (χ4n) is 1.59. The lowest BCUT2D eigenvalue weighted by Crippen LogP contribution is -1.98. The molecule has 0 radical (unpaired) electrons. The molecule has 0 aliphatic rings. The largest absolute Gasteiger partial charge is 0.399 e. The van der Waals surface area contributed by atoms with Gasteiger partial charge in [0.25, 0.3) is 0 Å². The summed E-state index contributed by atoms with van der Waals surface area (Å²) in [5.74, 6) is 0. The molecule has 0 aliphatic carbocycles. The molecule has 90 valence electrons. The average Bonchev–Trinajstić information content (AvgIpc) is 2.73. The molecule has 4 nitrogen and oxygen atoms in total. The molecule has 1 heterocycles. The van der Waals surface area contributed by atoms with Crippen LogP contribution >= 0.6 is 0 Å². The highest BCUT2D eigenvalue weighted by Gasteiger charge is 1.97. The van der Waals surface area contributed by atoms with Gasteiger partial charge in [0, 0.05) is 18.9 Å². The molecule has 0 spiro atoms. The molecule has 0 amide bonds. The Morgan fingerprint density at radius 1 is 1.24 bits per heavy atom. The van der Waals surface area contributed by atoms with Gasteiger partial charge in [-0.3, -0.25) is 4.68 Å². The van der Waals surface area contributed by atoms with E-state index in [1.54, 1.807) is 4.68 Å². The minimum atomic E-state index is 0.626. The van der Waals surface area contributed by atoms with Crippen molar-refractivity contribution in [1.82, 2.24) is 9.78 Å². The molecule has 0 unspecified atom stereocenters. The topological polar surface area (TPSA) is 53.1 Å². The summed E-state index contributed by atoms with van der Waals surface area (Å²) in [7, 11) is 1.92. The first-order valence-corrected chi connectivity index (χ1v) is 5.64. The highest BCUT2D eigenvalue weighted by atomic mass is 16.5. The van der Waals surface area contributed by atoms with Gasteiger partial charge in [-0.05, 0) is 29.7 Å². The molecule has 1 aromatic heterocycles. The summed E-state index contributed by atoms with van der Waals surface area (Å²) < 4.78 is 7.40. The van der Waals surface area contributed by atoms with Crippen molar-refractivity contribution in [3.63, 3.8) is 0 Å². The van der Waals surface area contributed by atoms with Gasteiger partial charge in [0.15, 0.2) is 0 Å². The minimum absolute atomic E-state index is 0.626. The van der Waals surface area contributed by atoms with Crippen LogP contribution in [0.5, 0.6) is 0 Å². The van der Waals surface area contributed by atoms with Gasteiger partial charge in [-0.25, -0.2) is 0 Å². The number of anilines is 1. The van der Waals surface area contributed by atoms with Crippen molar-refractivity contribution in [2.24, 2.45) is 7.05 Å². The van der Waals surface area contributed by atoms with Gasteiger partial charge in [-0.1, -0.05) is 12.1 Å². The zero-order valence-electron chi connectivity index (χ0n) is 9.97. The smallest absolute Gasteiger partial charge is 0.0717 e. The van der Waals surface area contributed by atoms with Crippen molar-refractivity contribution in [3.8, 4) is 0 Å². The van der Waals surface area contributed by atoms with Gasteiger partial charge < -0.3 is 10.5 Å². The Morgan fingerprint density at radius 3 is 2.65 bits per heavy atom. The first kappa shape index (κ1) is 11.7. The van der Waals surface area contributed by atoms with E-state index < -0.39 is 0 Å². The van der Waals surface area contributed by atoms with Crippen LogP contribution in [0.3, 0.4) is 0 Å². The van der Waals surface area contributed by atoms with Gasteiger partial charge in [0.2, 0.25) is 0 Å². The third kappa shape index (κ3) is 3.60. The summed E-state index contributed by atoms with van der Waals surface area (Å²) in [6.45, 7) is 1.33. The molecule has 2 N–H and O–H groups in total. The van der Waals surface area contributed by atoms with Crippen molar-refractivity contribution in [3.05, 3.63) is 47.8 Å². The van der Waals surface area contributed by atoms with E-state index in [9.17, 15) is 0 Å². The van der Waals surface area contributed by atoms with Gasteiger partial charge in [0.05, 0.1) is 19.4 Å². The molecular formula is C13H17N3O. The Morgan fingerprint density at radius 2 is 2.00 bits per heavy atom. The van der Waals surface area contributed by atoms with Crippen molar-refractivity contribution in [2.45, 2.75) is 13.0 Å². The third-order valence-electron chi connectivity index (χ3n) is 2.54. The average molecular weight is 231 g/mol. The number of nitrogen functional groups attached to an aromatic ring is 1. The summed E-state index contributed by atoms with van der Waals surface area (Å²) in [6.07, 6.45) is 4.77. The molecule has 2 aromatic rings. The molecule has 0 saturated carbocycles. The highest BCUT2D eigenvalue weighted by molar-refractivity contribution is 5.39. The number of rotatable bonds is 5. The number of aryl methyl sites for hydroxylation is 1. The van der Waals surface area contributed by atoms with E-state index in [1.807, 2.05) is 43.7 Å². The quantitative estimate of drug-likeness (QED) is 0.630. The van der Waals surface area contributed by atoms with Crippen LogP contribution in [0.25, 0.3) is 0 Å². The predicted molar refractivity (Wildman–Crippen MR) is 67.4 cm³/mol. The fourth-order valence-corrected chi connectivity index (χ4v) is 1.59. The Labute approximate surface area is 101 Å². The number of aromatic nitrogens is 2. The second-order valence-electron chi connectivity index (χ2n) is 4.07. The second-order valence-corrected chi connectivity index (χ2v) is 4.07. The Hall–Kier alpha value is -1.81. The van der Waals surface area contributed by atoms with E-state index in [2.05, 4.69) is 5.10 Å². The fraction of sp³-hybridized carbons (Fsp3) is 0.308. The van der Waals surface area contributed by atoms with E-state index in [0.717, 1.165) is 17.7 Å². The summed E-state index contributed by atoms with van der Waals surface area (Å²) >= 11 is 0. The Balaban J connectivity index is 1.71. The molecule has 0 aliphatic heterocycles. The van der Waals surface area contributed by atoms with Crippen LogP contribution in [0.1, 0.15) is 11.1 Å². The number of benzene rings is 1. The zero-order chi connectivity index (χ0) is 12.1. The van der Waals surface area contributed by atoms with Crippen molar-refractivity contribution < 1.29 is 4.74 Å². The number of hydrogen-bond donors (Lipinski definition) is 1. The lowest BCUT2D eigenvalue weighted by molar-refractivity contribution is 0.124. The third-order valence-corrected chi connectivity index (χ3v) is 2.54. The second kappa shape index (κ2) is 5.50. The van der Waals surface area contributed by atoms with Crippen molar-refractivity contribution in [1.29, 1.82) is 0 Å². The predicted octanol–water partition coefficient (Wildman–Crippen LogP) is 1.76. The van der Waals surface area contributed by atoms with Crippen LogP contribution in [0.2, 0.25) is 0 Å². The monoisotopic (exact) mass is 231 g/mol. The van der Waals surface area contributed by atoms with Crippen LogP contribution in [0.4, 0.5) is 5.69 Å². The summed E-state index contributed by atoms with van der Waals surface area (Å²) in [6, 6.07) is 7.75. The Bertz CT molecular complexity index is 462. The van der Waals surface area contributed by atoms with E-state index in [0.29, 0.717) is 13.2 Å². The first-order chi connectivity index (χ1) is 8.24. The molecule has 17 heavy (non-hydrogen) atoms. The number of hydrogen-bond acceptors (Lipinski definition) is 3. The molecule has 0 atom stereocenters.